The molecule has 0 heterocycles. The van der Waals surface area contributed by atoms with Crippen LogP contribution < -0.4 is 0 Å². The molecule has 0 spiro atoms. The van der Waals surface area contributed by atoms with Crippen molar-refractivity contribution in [1.82, 2.24) is 0 Å². The molecule has 4 rings (SSSR count). The lowest BCUT2D eigenvalue weighted by molar-refractivity contribution is -0.164. The largest absolute Gasteiger partial charge is 0.393 e. The third-order valence-corrected chi connectivity index (χ3v) is 9.56. The zero-order chi connectivity index (χ0) is 18.9. The molecule has 0 aliphatic heterocycles. The van der Waals surface area contributed by atoms with Gasteiger partial charge in [0.1, 0.15) is 5.78 Å². The van der Waals surface area contributed by atoms with Crippen LogP contribution in [0.25, 0.3) is 0 Å². The number of rotatable bonds is 1. The van der Waals surface area contributed by atoms with Crippen molar-refractivity contribution in [3.8, 4) is 6.07 Å². The molecule has 3 nitrogen and oxygen atoms in total. The predicted molar refractivity (Wildman–Crippen MR) is 101 cm³/mol. The average Bonchev–Trinajstić information content (AvgIpc) is 2.86. The standard InChI is InChI=1S/C23H35NO2/c1-13-5-7-22(3)16-6-8-23(4)17(11-20(26)21(23)14(2)12-24)15(16)10-19(25)18(22)9-13/h13-19,21,25H,5-11H2,1-4H3/t13-,14+,15+,16-,17-,18+,19-,21-,22+,23-/m0/s1. The Bertz CT molecular complexity index is 639. The Labute approximate surface area is 158 Å². The first kappa shape index (κ1) is 18.5. The average molecular weight is 358 g/mol. The summed E-state index contributed by atoms with van der Waals surface area (Å²) in [6, 6.07) is 2.36. The molecule has 144 valence electrons. The fourth-order valence-electron chi connectivity index (χ4n) is 8.25. The highest BCUT2D eigenvalue weighted by Gasteiger charge is 2.64. The van der Waals surface area contributed by atoms with E-state index in [1.165, 1.54) is 19.3 Å². The summed E-state index contributed by atoms with van der Waals surface area (Å²) in [6.45, 7) is 8.98. The number of nitrogens with zero attached hydrogens (tertiary/aromatic N) is 1. The molecule has 0 aromatic rings. The van der Waals surface area contributed by atoms with Crippen molar-refractivity contribution in [2.24, 2.45) is 52.3 Å². The minimum Gasteiger partial charge on any atom is -0.393 e. The van der Waals surface area contributed by atoms with Crippen molar-refractivity contribution in [3.63, 3.8) is 0 Å². The molecule has 0 amide bonds. The topological polar surface area (TPSA) is 61.1 Å². The second kappa shape index (κ2) is 6.06. The van der Waals surface area contributed by atoms with Gasteiger partial charge < -0.3 is 5.11 Å². The molecule has 0 unspecified atom stereocenters. The minimum absolute atomic E-state index is 0.0434. The zero-order valence-electron chi connectivity index (χ0n) is 16.9. The molecule has 4 aliphatic carbocycles. The SMILES string of the molecule is C[C@H]1CC[C@@]2(C)[C@H](C1)[C@@H](O)C[C@@H]1[C@@H]2CC[C@]2(C)[C@@H]([C@H](C)C#N)C(=O)C[C@@H]12. The van der Waals surface area contributed by atoms with Crippen LogP contribution in [0.5, 0.6) is 0 Å². The second-order valence-electron chi connectivity index (χ2n) is 10.8. The molecule has 0 aromatic carbocycles. The minimum atomic E-state index is -0.214. The molecule has 10 atom stereocenters. The van der Waals surface area contributed by atoms with E-state index < -0.39 is 0 Å². The smallest absolute Gasteiger partial charge is 0.138 e. The number of hydrogen-bond acceptors (Lipinski definition) is 3. The summed E-state index contributed by atoms with van der Waals surface area (Å²) in [5, 5.41) is 20.6. The summed E-state index contributed by atoms with van der Waals surface area (Å²) >= 11 is 0. The van der Waals surface area contributed by atoms with E-state index in [0.29, 0.717) is 35.9 Å². The fraction of sp³-hybridized carbons (Fsp3) is 0.913. The number of aliphatic hydroxyl groups excluding tert-OH is 1. The molecular formula is C23H35NO2. The normalized spacial score (nSPS) is 54.6. The number of nitriles is 1. The van der Waals surface area contributed by atoms with Crippen LogP contribution in [0.1, 0.15) is 72.6 Å². The Morgan fingerprint density at radius 1 is 1.12 bits per heavy atom. The summed E-state index contributed by atoms with van der Waals surface area (Å²) < 4.78 is 0. The van der Waals surface area contributed by atoms with Gasteiger partial charge in [-0.2, -0.15) is 5.26 Å². The summed E-state index contributed by atoms with van der Waals surface area (Å²) in [4.78, 5) is 12.9. The monoisotopic (exact) mass is 357 g/mol. The van der Waals surface area contributed by atoms with Crippen LogP contribution in [0, 0.1) is 63.6 Å². The lowest BCUT2D eigenvalue weighted by Gasteiger charge is -2.62. The number of ketones is 1. The first-order chi connectivity index (χ1) is 12.2. The van der Waals surface area contributed by atoms with E-state index in [4.69, 9.17) is 0 Å². The number of aliphatic hydroxyl groups is 1. The molecule has 0 radical (unpaired) electrons. The molecule has 1 N–H and O–H groups in total. The molecule has 3 heteroatoms. The van der Waals surface area contributed by atoms with E-state index in [2.05, 4.69) is 26.8 Å². The van der Waals surface area contributed by atoms with Gasteiger partial charge in [-0.1, -0.05) is 27.2 Å². The van der Waals surface area contributed by atoms with Gasteiger partial charge in [-0.25, -0.2) is 0 Å². The predicted octanol–water partition coefficient (Wildman–Crippen LogP) is 4.59. The number of carbonyl (C=O) groups excluding carboxylic acids is 1. The molecule has 0 aromatic heterocycles. The van der Waals surface area contributed by atoms with Crippen molar-refractivity contribution >= 4 is 5.78 Å². The molecule has 0 bridgehead atoms. The number of fused-ring (bicyclic) bond motifs is 5. The van der Waals surface area contributed by atoms with Crippen molar-refractivity contribution in [2.75, 3.05) is 0 Å². The number of Topliss-reactive ketones (excluding diaryl/α,β-unsaturated/α-hetero) is 1. The Morgan fingerprint density at radius 2 is 1.81 bits per heavy atom. The van der Waals surface area contributed by atoms with Crippen molar-refractivity contribution in [1.29, 1.82) is 5.26 Å². The van der Waals surface area contributed by atoms with E-state index >= 15 is 0 Å². The van der Waals surface area contributed by atoms with Gasteiger partial charge in [0.2, 0.25) is 0 Å². The Morgan fingerprint density at radius 3 is 2.50 bits per heavy atom. The van der Waals surface area contributed by atoms with Crippen molar-refractivity contribution < 1.29 is 9.90 Å². The summed E-state index contributed by atoms with van der Waals surface area (Å²) in [5.74, 6) is 2.63. The lowest BCUT2D eigenvalue weighted by Crippen LogP contribution is -2.57. The Balaban J connectivity index is 1.68. The van der Waals surface area contributed by atoms with Crippen LogP contribution in [0.15, 0.2) is 0 Å². The van der Waals surface area contributed by atoms with Gasteiger partial charge in [-0.05, 0) is 79.4 Å². The highest BCUT2D eigenvalue weighted by atomic mass is 16.3. The zero-order valence-corrected chi connectivity index (χ0v) is 16.9. The molecule has 4 aliphatic rings. The summed E-state index contributed by atoms with van der Waals surface area (Å²) in [5.41, 5.74) is 0.191. The van der Waals surface area contributed by atoms with Gasteiger partial charge >= 0.3 is 0 Å². The second-order valence-corrected chi connectivity index (χ2v) is 10.8. The van der Waals surface area contributed by atoms with E-state index in [9.17, 15) is 15.2 Å². The lowest BCUT2D eigenvalue weighted by atomic mass is 9.43. The highest BCUT2D eigenvalue weighted by Crippen LogP contribution is 2.67. The number of hydrogen-bond donors (Lipinski definition) is 1. The quantitative estimate of drug-likeness (QED) is 0.746. The van der Waals surface area contributed by atoms with Crippen LogP contribution in [0.3, 0.4) is 0 Å². The van der Waals surface area contributed by atoms with Crippen LogP contribution in [0.2, 0.25) is 0 Å². The maximum atomic E-state index is 12.9. The van der Waals surface area contributed by atoms with E-state index in [0.717, 1.165) is 25.2 Å². The van der Waals surface area contributed by atoms with Gasteiger partial charge in [-0.15, -0.1) is 0 Å². The third-order valence-electron chi connectivity index (χ3n) is 9.56. The van der Waals surface area contributed by atoms with Crippen LogP contribution in [-0.4, -0.2) is 17.0 Å². The van der Waals surface area contributed by atoms with E-state index in [-0.39, 0.29) is 28.8 Å². The first-order valence-electron chi connectivity index (χ1n) is 10.8. The van der Waals surface area contributed by atoms with Gasteiger partial charge in [0.25, 0.3) is 0 Å². The van der Waals surface area contributed by atoms with E-state index in [1.54, 1.807) is 0 Å². The molecule has 26 heavy (non-hydrogen) atoms. The maximum Gasteiger partial charge on any atom is 0.138 e. The summed E-state index contributed by atoms with van der Waals surface area (Å²) in [6.07, 6.45) is 7.22. The van der Waals surface area contributed by atoms with Crippen LogP contribution in [0.4, 0.5) is 0 Å². The van der Waals surface area contributed by atoms with Crippen molar-refractivity contribution in [2.45, 2.75) is 78.7 Å². The molecule has 0 saturated heterocycles. The molecule has 4 fully saturated rings. The van der Waals surface area contributed by atoms with Crippen LogP contribution in [-0.2, 0) is 4.79 Å². The van der Waals surface area contributed by atoms with Gasteiger partial charge in [-0.3, -0.25) is 4.79 Å². The summed E-state index contributed by atoms with van der Waals surface area (Å²) in [7, 11) is 0. The Kier molecular flexibility index (Phi) is 4.31. The van der Waals surface area contributed by atoms with Crippen LogP contribution >= 0.6 is 0 Å². The van der Waals surface area contributed by atoms with Gasteiger partial charge in [0, 0.05) is 12.3 Å². The third kappa shape index (κ3) is 2.37. The fourth-order valence-corrected chi connectivity index (χ4v) is 8.25. The van der Waals surface area contributed by atoms with E-state index in [1.807, 2.05) is 6.92 Å². The maximum absolute atomic E-state index is 12.9. The Hall–Kier alpha value is -0.880. The van der Waals surface area contributed by atoms with Gasteiger partial charge in [0.15, 0.2) is 0 Å². The molecule has 4 saturated carbocycles. The highest BCUT2D eigenvalue weighted by molar-refractivity contribution is 5.85. The molecular weight excluding hydrogens is 322 g/mol. The van der Waals surface area contributed by atoms with Gasteiger partial charge in [0.05, 0.1) is 18.1 Å². The first-order valence-corrected chi connectivity index (χ1v) is 10.8. The number of carbonyl (C=O) groups is 1. The van der Waals surface area contributed by atoms with Crippen molar-refractivity contribution in [3.05, 3.63) is 0 Å².